The maximum atomic E-state index is 9.81. The molecule has 0 aliphatic heterocycles. The van der Waals surface area contributed by atoms with Crippen molar-refractivity contribution in [2.45, 2.75) is 77.2 Å². The molecule has 1 atom stereocenters. The van der Waals surface area contributed by atoms with Gasteiger partial charge in [0.15, 0.2) is 0 Å². The molecule has 3 heteroatoms. The molecule has 3 nitrogen and oxygen atoms in total. The van der Waals surface area contributed by atoms with Crippen LogP contribution in [-0.4, -0.2) is 49.5 Å². The molecule has 0 aromatic heterocycles. The number of hydrogen-bond acceptors (Lipinski definition) is 3. The molecular weight excluding hydrogens is 274 g/mol. The van der Waals surface area contributed by atoms with Crippen LogP contribution >= 0.6 is 0 Å². The van der Waals surface area contributed by atoms with E-state index in [1.165, 1.54) is 64.2 Å². The van der Waals surface area contributed by atoms with Gasteiger partial charge >= 0.3 is 0 Å². The van der Waals surface area contributed by atoms with Gasteiger partial charge in [0.1, 0.15) is 0 Å². The number of unbranched alkanes of at least 4 members (excludes halogenated alkanes) is 9. The average molecular weight is 314 g/mol. The molecule has 1 N–H and O–H groups in total. The molecule has 0 bridgehead atoms. The van der Waals surface area contributed by atoms with E-state index in [4.69, 9.17) is 4.74 Å². The molecule has 132 valence electrons. The number of aliphatic hydroxyl groups excluding tert-OH is 1. The van der Waals surface area contributed by atoms with Crippen molar-refractivity contribution >= 4 is 0 Å². The van der Waals surface area contributed by atoms with Crippen LogP contribution in [0.15, 0.2) is 12.7 Å². The quantitative estimate of drug-likeness (QED) is 0.319. The number of hydrogen-bond donors (Lipinski definition) is 1. The van der Waals surface area contributed by atoms with E-state index in [0.29, 0.717) is 19.8 Å². The Balaban J connectivity index is 3.27. The summed E-state index contributed by atoms with van der Waals surface area (Å²) in [6.07, 6.45) is 15.0. The molecule has 0 aromatic carbocycles. The lowest BCUT2D eigenvalue weighted by molar-refractivity contribution is 0.0308. The first-order chi connectivity index (χ1) is 10.7. The van der Waals surface area contributed by atoms with Crippen molar-refractivity contribution in [2.24, 2.45) is 0 Å². The molecule has 0 heterocycles. The second kappa shape index (κ2) is 17.0. The third-order valence-corrected chi connectivity index (χ3v) is 3.96. The van der Waals surface area contributed by atoms with Crippen molar-refractivity contribution in [3.63, 3.8) is 0 Å². The largest absolute Gasteiger partial charge is 0.389 e. The van der Waals surface area contributed by atoms with Gasteiger partial charge in [-0.25, -0.2) is 0 Å². The Morgan fingerprint density at radius 2 is 1.55 bits per heavy atom. The minimum atomic E-state index is -0.395. The fourth-order valence-electron chi connectivity index (χ4n) is 2.66. The molecule has 0 aromatic rings. The van der Waals surface area contributed by atoms with Crippen LogP contribution in [0.1, 0.15) is 71.1 Å². The van der Waals surface area contributed by atoms with Crippen LogP contribution in [0.5, 0.6) is 0 Å². The van der Waals surface area contributed by atoms with Gasteiger partial charge in [-0.05, 0) is 20.0 Å². The molecule has 22 heavy (non-hydrogen) atoms. The van der Waals surface area contributed by atoms with Crippen molar-refractivity contribution in [3.05, 3.63) is 12.7 Å². The Hall–Kier alpha value is -0.380. The molecular formula is C19H39NO2. The Kier molecular flexibility index (Phi) is 16.7. The van der Waals surface area contributed by atoms with Crippen LogP contribution < -0.4 is 0 Å². The topological polar surface area (TPSA) is 32.7 Å². The second-order valence-electron chi connectivity index (χ2n) is 6.42. The minimum Gasteiger partial charge on any atom is -0.389 e. The zero-order valence-electron chi connectivity index (χ0n) is 15.1. The number of ether oxygens (including phenoxy) is 1. The third kappa shape index (κ3) is 16.0. The Morgan fingerprint density at radius 1 is 1.00 bits per heavy atom. The van der Waals surface area contributed by atoms with Gasteiger partial charge in [-0.15, -0.1) is 6.58 Å². The predicted molar refractivity (Wildman–Crippen MR) is 96.4 cm³/mol. The van der Waals surface area contributed by atoms with Crippen molar-refractivity contribution < 1.29 is 9.84 Å². The van der Waals surface area contributed by atoms with Crippen LogP contribution in [-0.2, 0) is 4.74 Å². The van der Waals surface area contributed by atoms with E-state index < -0.39 is 6.10 Å². The summed E-state index contributed by atoms with van der Waals surface area (Å²) < 4.78 is 5.26. The summed E-state index contributed by atoms with van der Waals surface area (Å²) in [5, 5.41) is 9.81. The van der Waals surface area contributed by atoms with Crippen LogP contribution in [0.2, 0.25) is 0 Å². The normalized spacial score (nSPS) is 12.7. The summed E-state index contributed by atoms with van der Waals surface area (Å²) in [6.45, 7) is 8.52. The van der Waals surface area contributed by atoms with Crippen LogP contribution in [0.25, 0.3) is 0 Å². The molecule has 0 aliphatic carbocycles. The van der Waals surface area contributed by atoms with E-state index in [1.807, 2.05) is 0 Å². The average Bonchev–Trinajstić information content (AvgIpc) is 2.49. The zero-order chi connectivity index (χ0) is 16.5. The predicted octanol–water partition coefficient (Wildman–Crippen LogP) is 4.40. The lowest BCUT2D eigenvalue weighted by atomic mass is 10.1. The molecule has 0 fully saturated rings. The van der Waals surface area contributed by atoms with Gasteiger partial charge in [0.2, 0.25) is 0 Å². The molecule has 0 rings (SSSR count). The Morgan fingerprint density at radius 3 is 2.09 bits per heavy atom. The Labute approximate surface area is 138 Å². The highest BCUT2D eigenvalue weighted by Gasteiger charge is 2.07. The Bertz CT molecular complexity index is 233. The lowest BCUT2D eigenvalue weighted by Crippen LogP contribution is -2.32. The molecule has 0 spiro atoms. The van der Waals surface area contributed by atoms with Crippen molar-refractivity contribution in [1.82, 2.24) is 4.90 Å². The number of rotatable bonds is 17. The van der Waals surface area contributed by atoms with Crippen LogP contribution in [0, 0.1) is 0 Å². The minimum absolute atomic E-state index is 0.395. The third-order valence-electron chi connectivity index (χ3n) is 3.96. The summed E-state index contributed by atoms with van der Waals surface area (Å²) in [5.41, 5.74) is 0. The van der Waals surface area contributed by atoms with Gasteiger partial charge in [-0.2, -0.15) is 0 Å². The molecule has 0 radical (unpaired) electrons. The fraction of sp³-hybridized carbons (Fsp3) is 0.895. The van der Waals surface area contributed by atoms with Crippen LogP contribution in [0.3, 0.4) is 0 Å². The molecule has 0 saturated heterocycles. The van der Waals surface area contributed by atoms with E-state index in [1.54, 1.807) is 6.08 Å². The van der Waals surface area contributed by atoms with E-state index in [9.17, 15) is 5.11 Å². The van der Waals surface area contributed by atoms with E-state index in [0.717, 1.165) is 6.54 Å². The zero-order valence-corrected chi connectivity index (χ0v) is 15.1. The van der Waals surface area contributed by atoms with Crippen molar-refractivity contribution in [2.75, 3.05) is 33.4 Å². The summed E-state index contributed by atoms with van der Waals surface area (Å²) in [7, 11) is 2.07. The van der Waals surface area contributed by atoms with Crippen LogP contribution in [0.4, 0.5) is 0 Å². The van der Waals surface area contributed by atoms with E-state index >= 15 is 0 Å². The molecule has 0 saturated carbocycles. The summed E-state index contributed by atoms with van der Waals surface area (Å²) in [5.74, 6) is 0. The van der Waals surface area contributed by atoms with Gasteiger partial charge in [-0.1, -0.05) is 70.8 Å². The number of likely N-dealkylation sites (N-methyl/N-ethyl adjacent to an activating group) is 1. The molecule has 0 unspecified atom stereocenters. The van der Waals surface area contributed by atoms with Gasteiger partial charge in [0.05, 0.1) is 19.3 Å². The number of nitrogens with zero attached hydrogens (tertiary/aromatic N) is 1. The number of aliphatic hydroxyl groups is 1. The van der Waals surface area contributed by atoms with Gasteiger partial charge in [0.25, 0.3) is 0 Å². The smallest absolute Gasteiger partial charge is 0.0900 e. The first kappa shape index (κ1) is 21.6. The summed E-state index contributed by atoms with van der Waals surface area (Å²) >= 11 is 0. The highest BCUT2D eigenvalue weighted by Crippen LogP contribution is 2.10. The van der Waals surface area contributed by atoms with Gasteiger partial charge in [-0.3, -0.25) is 0 Å². The summed E-state index contributed by atoms with van der Waals surface area (Å²) in [4.78, 5) is 2.20. The second-order valence-corrected chi connectivity index (χ2v) is 6.42. The van der Waals surface area contributed by atoms with Gasteiger partial charge in [0, 0.05) is 6.54 Å². The van der Waals surface area contributed by atoms with E-state index in [2.05, 4.69) is 25.5 Å². The lowest BCUT2D eigenvalue weighted by Gasteiger charge is -2.20. The van der Waals surface area contributed by atoms with E-state index in [-0.39, 0.29) is 0 Å². The highest BCUT2D eigenvalue weighted by atomic mass is 16.5. The summed E-state index contributed by atoms with van der Waals surface area (Å²) in [6, 6.07) is 0. The standard InChI is InChI=1S/C19H39NO2/c1-4-6-7-8-9-10-11-12-13-14-15-20(3)17-19(21)18-22-16-5-2/h5,19,21H,2,4,6-18H2,1,3H3/t19-/m0/s1. The van der Waals surface area contributed by atoms with Crippen molar-refractivity contribution in [3.8, 4) is 0 Å². The SMILES string of the molecule is C=CCOC[C@@H](O)CN(C)CCCCCCCCCCCC. The first-order valence-electron chi connectivity index (χ1n) is 9.26. The monoisotopic (exact) mass is 313 g/mol. The maximum Gasteiger partial charge on any atom is 0.0900 e. The molecule has 0 aliphatic rings. The van der Waals surface area contributed by atoms with Gasteiger partial charge < -0.3 is 14.7 Å². The first-order valence-corrected chi connectivity index (χ1v) is 9.26. The maximum absolute atomic E-state index is 9.81. The molecule has 0 amide bonds. The highest BCUT2D eigenvalue weighted by molar-refractivity contribution is 4.66. The van der Waals surface area contributed by atoms with Crippen molar-refractivity contribution in [1.29, 1.82) is 0 Å². The fourth-order valence-corrected chi connectivity index (χ4v) is 2.66.